The third kappa shape index (κ3) is 3.88. The van der Waals surface area contributed by atoms with Crippen LogP contribution in [-0.4, -0.2) is 20.3 Å². The van der Waals surface area contributed by atoms with Gasteiger partial charge in [-0.2, -0.15) is 5.10 Å². The Balaban J connectivity index is 1.61. The van der Waals surface area contributed by atoms with Crippen molar-refractivity contribution in [2.75, 3.05) is 0 Å². The van der Waals surface area contributed by atoms with Crippen LogP contribution in [-0.2, 0) is 13.1 Å². The van der Waals surface area contributed by atoms with Crippen LogP contribution in [0.2, 0.25) is 0 Å². The van der Waals surface area contributed by atoms with E-state index in [-0.39, 0.29) is 11.9 Å². The van der Waals surface area contributed by atoms with Crippen LogP contribution in [0.5, 0.6) is 0 Å². The second kappa shape index (κ2) is 8.42. The number of hydrogen-bond acceptors (Lipinski definition) is 2. The summed E-state index contributed by atoms with van der Waals surface area (Å²) in [6, 6.07) is 16.4. The van der Waals surface area contributed by atoms with E-state index in [1.807, 2.05) is 42.9 Å². The number of rotatable bonds is 6. The number of nitrogens with zero attached hydrogens (tertiary/aromatic N) is 3. The lowest BCUT2D eigenvalue weighted by Crippen LogP contribution is -2.27. The number of hydrogen-bond donors (Lipinski definition) is 1. The smallest absolute Gasteiger partial charge is 0.251 e. The highest BCUT2D eigenvalue weighted by Crippen LogP contribution is 2.27. The zero-order valence-corrected chi connectivity index (χ0v) is 18.9. The molecule has 0 saturated carbocycles. The fourth-order valence-electron chi connectivity index (χ4n) is 4.32. The van der Waals surface area contributed by atoms with Gasteiger partial charge in [0.05, 0.1) is 12.2 Å². The zero-order valence-electron chi connectivity index (χ0n) is 18.9. The van der Waals surface area contributed by atoms with E-state index < -0.39 is 0 Å². The minimum Gasteiger partial charge on any atom is -0.345 e. The summed E-state index contributed by atoms with van der Waals surface area (Å²) < 4.78 is 4.28. The number of fused-ring (bicyclic) bond motifs is 1. The number of carbonyl (C=O) groups excluding carboxylic acids is 1. The molecule has 0 spiro atoms. The molecule has 2 heterocycles. The average molecular weight is 415 g/mol. The van der Waals surface area contributed by atoms with Gasteiger partial charge in [0.15, 0.2) is 0 Å². The molecule has 160 valence electrons. The van der Waals surface area contributed by atoms with Crippen LogP contribution in [0, 0.1) is 20.8 Å². The van der Waals surface area contributed by atoms with Crippen molar-refractivity contribution >= 4 is 16.8 Å². The molecule has 0 aliphatic heterocycles. The first-order valence-corrected chi connectivity index (χ1v) is 10.9. The Morgan fingerprint density at radius 2 is 1.81 bits per heavy atom. The summed E-state index contributed by atoms with van der Waals surface area (Å²) in [5.41, 5.74) is 7.69. The average Bonchev–Trinajstić information content (AvgIpc) is 3.27. The number of amides is 1. The van der Waals surface area contributed by atoms with Crippen LogP contribution >= 0.6 is 0 Å². The van der Waals surface area contributed by atoms with E-state index >= 15 is 0 Å². The monoisotopic (exact) mass is 414 g/mol. The van der Waals surface area contributed by atoms with Crippen molar-refractivity contribution in [3.05, 3.63) is 88.4 Å². The molecule has 31 heavy (non-hydrogen) atoms. The standard InChI is InChI=1S/C26H30N4O/c1-6-30-20(5)24(15-27-30)18(3)28-26(31)22-12-13-25-23(14-22)17(2)19(4)29(25)16-21-10-8-7-9-11-21/h7-15,18H,6,16H2,1-5H3,(H,28,31). The maximum absolute atomic E-state index is 13.0. The molecule has 0 saturated heterocycles. The molecule has 2 aromatic heterocycles. The third-order valence-electron chi connectivity index (χ3n) is 6.34. The molecule has 0 aliphatic carbocycles. The first-order chi connectivity index (χ1) is 14.9. The predicted octanol–water partition coefficient (Wildman–Crippen LogP) is 5.32. The van der Waals surface area contributed by atoms with Crippen LogP contribution in [0.25, 0.3) is 10.9 Å². The number of aryl methyl sites for hydroxylation is 2. The molecule has 1 amide bonds. The summed E-state index contributed by atoms with van der Waals surface area (Å²) in [4.78, 5) is 13.0. The molecule has 0 fully saturated rings. The Bertz CT molecular complexity index is 1230. The summed E-state index contributed by atoms with van der Waals surface area (Å²) in [5, 5.41) is 8.66. The van der Waals surface area contributed by atoms with Crippen molar-refractivity contribution in [1.82, 2.24) is 19.7 Å². The van der Waals surface area contributed by atoms with Gasteiger partial charge in [-0.1, -0.05) is 30.3 Å². The normalized spacial score (nSPS) is 12.3. The minimum absolute atomic E-state index is 0.0640. The summed E-state index contributed by atoms with van der Waals surface area (Å²) in [6.45, 7) is 12.0. The topological polar surface area (TPSA) is 51.9 Å². The molecular weight excluding hydrogens is 384 g/mol. The largest absolute Gasteiger partial charge is 0.345 e. The van der Waals surface area contributed by atoms with Crippen LogP contribution in [0.1, 0.15) is 58.3 Å². The van der Waals surface area contributed by atoms with Crippen LogP contribution in [0.15, 0.2) is 54.7 Å². The summed E-state index contributed by atoms with van der Waals surface area (Å²) in [5.74, 6) is -0.0640. The molecule has 4 aromatic rings. The van der Waals surface area contributed by atoms with Gasteiger partial charge in [-0.25, -0.2) is 0 Å². The van der Waals surface area contributed by atoms with Crippen molar-refractivity contribution in [3.8, 4) is 0 Å². The van der Waals surface area contributed by atoms with E-state index in [9.17, 15) is 4.79 Å². The van der Waals surface area contributed by atoms with Gasteiger partial charge in [0.25, 0.3) is 5.91 Å². The fraction of sp³-hybridized carbons (Fsp3) is 0.308. The highest BCUT2D eigenvalue weighted by atomic mass is 16.1. The van der Waals surface area contributed by atoms with Gasteiger partial charge in [0, 0.05) is 46.5 Å². The van der Waals surface area contributed by atoms with Gasteiger partial charge in [-0.15, -0.1) is 0 Å². The maximum atomic E-state index is 13.0. The van der Waals surface area contributed by atoms with Crippen LogP contribution in [0.3, 0.4) is 0 Å². The lowest BCUT2D eigenvalue weighted by molar-refractivity contribution is 0.0940. The van der Waals surface area contributed by atoms with E-state index in [4.69, 9.17) is 0 Å². The van der Waals surface area contributed by atoms with Gasteiger partial charge >= 0.3 is 0 Å². The summed E-state index contributed by atoms with van der Waals surface area (Å²) in [6.07, 6.45) is 1.85. The summed E-state index contributed by atoms with van der Waals surface area (Å²) >= 11 is 0. The number of nitrogens with one attached hydrogen (secondary N) is 1. The molecule has 0 bridgehead atoms. The molecule has 4 rings (SSSR count). The maximum Gasteiger partial charge on any atom is 0.251 e. The van der Waals surface area contributed by atoms with Crippen molar-refractivity contribution in [2.45, 2.75) is 53.8 Å². The van der Waals surface area contributed by atoms with E-state index in [0.717, 1.165) is 35.2 Å². The van der Waals surface area contributed by atoms with Crippen molar-refractivity contribution < 1.29 is 4.79 Å². The fourth-order valence-corrected chi connectivity index (χ4v) is 4.32. The van der Waals surface area contributed by atoms with Crippen LogP contribution in [0.4, 0.5) is 0 Å². The van der Waals surface area contributed by atoms with E-state index in [2.05, 4.69) is 66.1 Å². The second-order valence-electron chi connectivity index (χ2n) is 8.21. The first-order valence-electron chi connectivity index (χ1n) is 10.9. The van der Waals surface area contributed by atoms with Gasteiger partial charge < -0.3 is 9.88 Å². The molecule has 5 heteroatoms. The molecule has 1 N–H and O–H groups in total. The molecule has 0 aliphatic rings. The molecule has 1 atom stereocenters. The van der Waals surface area contributed by atoms with E-state index in [0.29, 0.717) is 5.56 Å². The molecule has 0 radical (unpaired) electrons. The first kappa shape index (κ1) is 20.9. The second-order valence-corrected chi connectivity index (χ2v) is 8.21. The van der Waals surface area contributed by atoms with Crippen LogP contribution < -0.4 is 5.32 Å². The highest BCUT2D eigenvalue weighted by Gasteiger charge is 2.18. The van der Waals surface area contributed by atoms with Gasteiger partial charge in [-0.3, -0.25) is 9.48 Å². The minimum atomic E-state index is -0.103. The van der Waals surface area contributed by atoms with Gasteiger partial charge in [0.1, 0.15) is 0 Å². The van der Waals surface area contributed by atoms with Crippen molar-refractivity contribution in [2.24, 2.45) is 0 Å². The molecule has 2 aromatic carbocycles. The number of benzene rings is 2. The Morgan fingerprint density at radius 3 is 2.48 bits per heavy atom. The Hall–Kier alpha value is -3.34. The van der Waals surface area contributed by atoms with Gasteiger partial charge in [0.2, 0.25) is 0 Å². The molecule has 5 nitrogen and oxygen atoms in total. The quantitative estimate of drug-likeness (QED) is 0.464. The van der Waals surface area contributed by atoms with Crippen molar-refractivity contribution in [3.63, 3.8) is 0 Å². The Labute approximate surface area is 183 Å². The SMILES string of the molecule is CCn1ncc(C(C)NC(=O)c2ccc3c(c2)c(C)c(C)n3Cc2ccccc2)c1C. The van der Waals surface area contributed by atoms with E-state index in [1.54, 1.807) is 0 Å². The Kier molecular flexibility index (Phi) is 5.68. The number of carbonyl (C=O) groups is 1. The van der Waals surface area contributed by atoms with Gasteiger partial charge in [-0.05, 0) is 63.9 Å². The molecule has 1 unspecified atom stereocenters. The Morgan fingerprint density at radius 1 is 1.06 bits per heavy atom. The number of aromatic nitrogens is 3. The van der Waals surface area contributed by atoms with Crippen molar-refractivity contribution in [1.29, 1.82) is 0 Å². The predicted molar refractivity (Wildman–Crippen MR) is 125 cm³/mol. The summed E-state index contributed by atoms with van der Waals surface area (Å²) in [7, 11) is 0. The lowest BCUT2D eigenvalue weighted by atomic mass is 10.1. The molecular formula is C26H30N4O. The van der Waals surface area contributed by atoms with E-state index in [1.165, 1.54) is 16.8 Å². The zero-order chi connectivity index (χ0) is 22.1. The highest BCUT2D eigenvalue weighted by molar-refractivity contribution is 5.99. The lowest BCUT2D eigenvalue weighted by Gasteiger charge is -2.14. The third-order valence-corrected chi connectivity index (χ3v) is 6.34.